The van der Waals surface area contributed by atoms with Crippen LogP contribution in [0.3, 0.4) is 0 Å². The summed E-state index contributed by atoms with van der Waals surface area (Å²) in [6, 6.07) is 23.5. The van der Waals surface area contributed by atoms with Crippen LogP contribution >= 0.6 is 0 Å². The molecule has 5 rings (SSSR count). The monoisotopic (exact) mass is 370 g/mol. The van der Waals surface area contributed by atoms with Crippen LogP contribution in [0, 0.1) is 5.92 Å². The molecule has 4 aromatic rings. The van der Waals surface area contributed by atoms with Crippen LogP contribution in [0.15, 0.2) is 66.7 Å². The highest BCUT2D eigenvalue weighted by Gasteiger charge is 2.20. The van der Waals surface area contributed by atoms with Crippen LogP contribution in [0.5, 0.6) is 0 Å². The highest BCUT2D eigenvalue weighted by Crippen LogP contribution is 2.24. The van der Waals surface area contributed by atoms with Crippen LogP contribution in [0.25, 0.3) is 21.8 Å². The molecule has 0 spiro atoms. The molecule has 0 radical (unpaired) electrons. The lowest BCUT2D eigenvalue weighted by molar-refractivity contribution is 0.183. The Balaban J connectivity index is 1.16. The van der Waals surface area contributed by atoms with Crippen LogP contribution in [0.4, 0.5) is 5.95 Å². The molecule has 4 nitrogen and oxygen atoms in total. The van der Waals surface area contributed by atoms with Gasteiger partial charge in [-0.2, -0.15) is 0 Å². The molecule has 1 aliphatic heterocycles. The second kappa shape index (κ2) is 7.64. The number of para-hydroxylation sites is 2. The summed E-state index contributed by atoms with van der Waals surface area (Å²) in [7, 11) is 0. The van der Waals surface area contributed by atoms with E-state index >= 15 is 0 Å². The molecule has 4 heteroatoms. The zero-order valence-corrected chi connectivity index (χ0v) is 16.1. The average molecular weight is 371 g/mol. The highest BCUT2D eigenvalue weighted by atomic mass is 15.1. The minimum atomic E-state index is 0.706. The Labute approximate surface area is 165 Å². The number of aromatic amines is 1. The van der Waals surface area contributed by atoms with Crippen molar-refractivity contribution in [2.75, 3.05) is 25.0 Å². The minimum Gasteiger partial charge on any atom is -0.356 e. The molecule has 1 fully saturated rings. The number of likely N-dealkylation sites (tertiary alicyclic amines) is 1. The summed E-state index contributed by atoms with van der Waals surface area (Å²) in [4.78, 5) is 10.6. The van der Waals surface area contributed by atoms with Crippen molar-refractivity contribution < 1.29 is 0 Å². The number of aromatic nitrogens is 2. The maximum atomic E-state index is 4.62. The predicted molar refractivity (Wildman–Crippen MR) is 117 cm³/mol. The van der Waals surface area contributed by atoms with E-state index in [2.05, 4.69) is 68.7 Å². The molecule has 0 unspecified atom stereocenters. The number of fused-ring (bicyclic) bond motifs is 2. The number of piperidine rings is 1. The largest absolute Gasteiger partial charge is 0.356 e. The van der Waals surface area contributed by atoms with Gasteiger partial charge in [0.1, 0.15) is 0 Å². The number of H-pyrrole nitrogens is 1. The number of rotatable bonds is 5. The quantitative estimate of drug-likeness (QED) is 0.517. The number of benzene rings is 3. The van der Waals surface area contributed by atoms with Crippen molar-refractivity contribution in [2.45, 2.75) is 19.4 Å². The Bertz CT molecular complexity index is 1040. The number of nitrogens with one attached hydrogen (secondary N) is 2. The van der Waals surface area contributed by atoms with E-state index < -0.39 is 0 Å². The van der Waals surface area contributed by atoms with Crippen LogP contribution in [0.2, 0.25) is 0 Å². The van der Waals surface area contributed by atoms with Crippen molar-refractivity contribution in [3.05, 3.63) is 72.3 Å². The smallest absolute Gasteiger partial charge is 0.201 e. The first-order valence-corrected chi connectivity index (χ1v) is 10.2. The standard InChI is InChI=1S/C24H26N4/c1-2-9-21-19(6-1)7-5-8-20(21)17-28-14-12-18(13-15-28)16-25-24-26-22-10-3-4-11-23(22)27-24/h1-11,18H,12-17H2,(H2,25,26,27). The first-order chi connectivity index (χ1) is 13.8. The second-order valence-electron chi connectivity index (χ2n) is 7.84. The van der Waals surface area contributed by atoms with Crippen molar-refractivity contribution in [3.63, 3.8) is 0 Å². The molecule has 0 amide bonds. The van der Waals surface area contributed by atoms with Gasteiger partial charge in [0.05, 0.1) is 11.0 Å². The maximum absolute atomic E-state index is 4.62. The molecule has 142 valence electrons. The summed E-state index contributed by atoms with van der Waals surface area (Å²) in [5.74, 6) is 1.59. The highest BCUT2D eigenvalue weighted by molar-refractivity contribution is 5.85. The molecular weight excluding hydrogens is 344 g/mol. The first kappa shape index (κ1) is 17.3. The van der Waals surface area contributed by atoms with E-state index in [-0.39, 0.29) is 0 Å². The SMILES string of the molecule is c1ccc2c(CN3CCC(CNc4nc5ccccc5[nH]4)CC3)cccc2c1. The predicted octanol–water partition coefficient (Wildman–Crippen LogP) is 5.04. The van der Waals surface area contributed by atoms with Gasteiger partial charge in [0, 0.05) is 13.1 Å². The van der Waals surface area contributed by atoms with E-state index in [1.165, 1.54) is 29.2 Å². The fourth-order valence-electron chi connectivity index (χ4n) is 4.30. The van der Waals surface area contributed by atoms with Gasteiger partial charge in [-0.3, -0.25) is 4.90 Å². The normalized spacial score (nSPS) is 16.0. The Morgan fingerprint density at radius 3 is 2.61 bits per heavy atom. The summed E-state index contributed by atoms with van der Waals surface area (Å²) in [5, 5.41) is 6.23. The third kappa shape index (κ3) is 3.60. The lowest BCUT2D eigenvalue weighted by Crippen LogP contribution is -2.35. The van der Waals surface area contributed by atoms with Gasteiger partial charge in [0.15, 0.2) is 0 Å². The van der Waals surface area contributed by atoms with Gasteiger partial charge in [-0.1, -0.05) is 54.6 Å². The minimum absolute atomic E-state index is 0.706. The maximum Gasteiger partial charge on any atom is 0.201 e. The third-order valence-corrected chi connectivity index (χ3v) is 5.93. The van der Waals surface area contributed by atoms with E-state index in [0.29, 0.717) is 5.92 Å². The van der Waals surface area contributed by atoms with Crippen molar-refractivity contribution in [1.82, 2.24) is 14.9 Å². The van der Waals surface area contributed by atoms with Crippen LogP contribution in [-0.2, 0) is 6.54 Å². The molecule has 0 atom stereocenters. The molecule has 0 aliphatic carbocycles. The fourth-order valence-corrected chi connectivity index (χ4v) is 4.30. The van der Waals surface area contributed by atoms with E-state index in [4.69, 9.17) is 0 Å². The van der Waals surface area contributed by atoms with Gasteiger partial charge < -0.3 is 10.3 Å². The lowest BCUT2D eigenvalue weighted by Gasteiger charge is -2.32. The summed E-state index contributed by atoms with van der Waals surface area (Å²) in [6.07, 6.45) is 2.47. The topological polar surface area (TPSA) is 44.0 Å². The van der Waals surface area contributed by atoms with E-state index in [1.807, 2.05) is 18.2 Å². The van der Waals surface area contributed by atoms with Gasteiger partial charge in [0.25, 0.3) is 0 Å². The molecule has 0 bridgehead atoms. The number of anilines is 1. The molecule has 2 heterocycles. The lowest BCUT2D eigenvalue weighted by atomic mass is 9.96. The second-order valence-corrected chi connectivity index (χ2v) is 7.84. The number of nitrogens with zero attached hydrogens (tertiary/aromatic N) is 2. The van der Waals surface area contributed by atoms with E-state index in [1.54, 1.807) is 0 Å². The van der Waals surface area contributed by atoms with Crippen LogP contribution in [-0.4, -0.2) is 34.5 Å². The van der Waals surface area contributed by atoms with Gasteiger partial charge >= 0.3 is 0 Å². The Kier molecular flexibility index (Phi) is 4.71. The Morgan fingerprint density at radius 1 is 0.929 bits per heavy atom. The zero-order valence-electron chi connectivity index (χ0n) is 16.1. The Hall–Kier alpha value is -2.85. The molecule has 2 N–H and O–H groups in total. The Morgan fingerprint density at radius 2 is 1.71 bits per heavy atom. The molecule has 1 aliphatic rings. The third-order valence-electron chi connectivity index (χ3n) is 5.93. The van der Waals surface area contributed by atoms with Gasteiger partial charge in [-0.05, 0) is 60.3 Å². The number of hydrogen-bond acceptors (Lipinski definition) is 3. The van der Waals surface area contributed by atoms with Crippen LogP contribution in [0.1, 0.15) is 18.4 Å². The average Bonchev–Trinajstić information content (AvgIpc) is 3.17. The van der Waals surface area contributed by atoms with Gasteiger partial charge in [0.2, 0.25) is 5.95 Å². The number of hydrogen-bond donors (Lipinski definition) is 2. The van der Waals surface area contributed by atoms with Gasteiger partial charge in [-0.25, -0.2) is 4.98 Å². The summed E-state index contributed by atoms with van der Waals surface area (Å²) >= 11 is 0. The molecule has 28 heavy (non-hydrogen) atoms. The van der Waals surface area contributed by atoms with Crippen molar-refractivity contribution in [2.24, 2.45) is 5.92 Å². The molecule has 1 saturated heterocycles. The van der Waals surface area contributed by atoms with Crippen molar-refractivity contribution in [3.8, 4) is 0 Å². The summed E-state index contributed by atoms with van der Waals surface area (Å²) in [5.41, 5.74) is 3.56. The molecule has 1 aromatic heterocycles. The molecular formula is C24H26N4. The van der Waals surface area contributed by atoms with Crippen LogP contribution < -0.4 is 5.32 Å². The summed E-state index contributed by atoms with van der Waals surface area (Å²) < 4.78 is 0. The summed E-state index contributed by atoms with van der Waals surface area (Å²) in [6.45, 7) is 4.36. The zero-order chi connectivity index (χ0) is 18.8. The van der Waals surface area contributed by atoms with Crippen molar-refractivity contribution >= 4 is 27.8 Å². The fraction of sp³-hybridized carbons (Fsp3) is 0.292. The van der Waals surface area contributed by atoms with E-state index in [9.17, 15) is 0 Å². The van der Waals surface area contributed by atoms with Crippen molar-refractivity contribution in [1.29, 1.82) is 0 Å². The van der Waals surface area contributed by atoms with Gasteiger partial charge in [-0.15, -0.1) is 0 Å². The molecule has 0 saturated carbocycles. The molecule has 3 aromatic carbocycles. The van der Waals surface area contributed by atoms with E-state index in [0.717, 1.165) is 43.2 Å². The first-order valence-electron chi connectivity index (χ1n) is 10.2. The number of imidazole rings is 1.